The van der Waals surface area contributed by atoms with Crippen LogP contribution in [-0.2, 0) is 4.79 Å². The SMILES string of the molecule is COc1ccc(NC(=O)CSc2nc(C)cc(-c3ccccc3)n2)cc1. The number of carbonyl (C=O) groups excluding carboxylic acids is 1. The maximum Gasteiger partial charge on any atom is 0.234 e. The van der Waals surface area contributed by atoms with Crippen LogP contribution in [0.25, 0.3) is 11.3 Å². The fourth-order valence-corrected chi connectivity index (χ4v) is 3.07. The smallest absolute Gasteiger partial charge is 0.234 e. The molecule has 0 aliphatic rings. The van der Waals surface area contributed by atoms with Crippen molar-refractivity contribution in [2.75, 3.05) is 18.2 Å². The predicted octanol–water partition coefficient (Wildman–Crippen LogP) is 4.19. The Kier molecular flexibility index (Phi) is 5.86. The van der Waals surface area contributed by atoms with Gasteiger partial charge in [-0.05, 0) is 37.3 Å². The molecule has 5 nitrogen and oxygen atoms in total. The molecule has 6 heteroatoms. The molecule has 0 bridgehead atoms. The van der Waals surface area contributed by atoms with Gasteiger partial charge in [-0.2, -0.15) is 0 Å². The van der Waals surface area contributed by atoms with Crippen LogP contribution in [0.1, 0.15) is 5.69 Å². The fourth-order valence-electron chi connectivity index (χ4n) is 2.36. The molecule has 26 heavy (non-hydrogen) atoms. The lowest BCUT2D eigenvalue weighted by Gasteiger charge is -2.07. The average molecular weight is 365 g/mol. The monoisotopic (exact) mass is 365 g/mol. The van der Waals surface area contributed by atoms with E-state index in [1.54, 1.807) is 31.4 Å². The third-order valence-electron chi connectivity index (χ3n) is 3.61. The molecule has 1 N–H and O–H groups in total. The number of amides is 1. The van der Waals surface area contributed by atoms with Crippen molar-refractivity contribution in [1.29, 1.82) is 0 Å². The number of aryl methyl sites for hydroxylation is 1. The molecule has 1 aromatic heterocycles. The lowest BCUT2D eigenvalue weighted by atomic mass is 10.1. The molecule has 0 atom stereocenters. The van der Waals surface area contributed by atoms with Crippen molar-refractivity contribution in [3.63, 3.8) is 0 Å². The highest BCUT2D eigenvalue weighted by atomic mass is 32.2. The van der Waals surface area contributed by atoms with Crippen molar-refractivity contribution in [3.8, 4) is 17.0 Å². The van der Waals surface area contributed by atoms with Crippen molar-refractivity contribution in [3.05, 3.63) is 66.4 Å². The quantitative estimate of drug-likeness (QED) is 0.524. The van der Waals surface area contributed by atoms with Gasteiger partial charge in [0.15, 0.2) is 5.16 Å². The van der Waals surface area contributed by atoms with E-state index in [2.05, 4.69) is 15.3 Å². The second-order valence-corrected chi connectivity index (χ2v) is 6.55. The highest BCUT2D eigenvalue weighted by Crippen LogP contribution is 2.22. The maximum absolute atomic E-state index is 12.2. The maximum atomic E-state index is 12.2. The van der Waals surface area contributed by atoms with Gasteiger partial charge in [0.2, 0.25) is 5.91 Å². The Morgan fingerprint density at radius 1 is 1.08 bits per heavy atom. The predicted molar refractivity (Wildman–Crippen MR) is 105 cm³/mol. The molecular weight excluding hydrogens is 346 g/mol. The Bertz CT molecular complexity index is 883. The van der Waals surface area contributed by atoms with Crippen molar-refractivity contribution in [2.45, 2.75) is 12.1 Å². The summed E-state index contributed by atoms with van der Waals surface area (Å²) in [4.78, 5) is 21.1. The number of hydrogen-bond donors (Lipinski definition) is 1. The van der Waals surface area contributed by atoms with Crippen LogP contribution >= 0.6 is 11.8 Å². The minimum Gasteiger partial charge on any atom is -0.497 e. The van der Waals surface area contributed by atoms with Gasteiger partial charge in [0.05, 0.1) is 18.6 Å². The summed E-state index contributed by atoms with van der Waals surface area (Å²) in [6.45, 7) is 1.93. The second kappa shape index (κ2) is 8.49. The number of thioether (sulfide) groups is 1. The van der Waals surface area contributed by atoms with Gasteiger partial charge in [-0.25, -0.2) is 9.97 Å². The van der Waals surface area contributed by atoms with Crippen LogP contribution in [-0.4, -0.2) is 28.7 Å². The number of carbonyl (C=O) groups is 1. The number of nitrogens with one attached hydrogen (secondary N) is 1. The van der Waals surface area contributed by atoms with E-state index in [1.807, 2.05) is 43.3 Å². The van der Waals surface area contributed by atoms with Crippen LogP contribution in [0.5, 0.6) is 5.75 Å². The number of rotatable bonds is 6. The van der Waals surface area contributed by atoms with Crippen LogP contribution in [0.2, 0.25) is 0 Å². The largest absolute Gasteiger partial charge is 0.497 e. The zero-order valence-electron chi connectivity index (χ0n) is 14.6. The van der Waals surface area contributed by atoms with E-state index >= 15 is 0 Å². The highest BCUT2D eigenvalue weighted by molar-refractivity contribution is 7.99. The molecule has 0 aliphatic heterocycles. The number of aromatic nitrogens is 2. The summed E-state index contributed by atoms with van der Waals surface area (Å²) in [5.74, 6) is 0.884. The zero-order valence-corrected chi connectivity index (χ0v) is 15.4. The van der Waals surface area contributed by atoms with Gasteiger partial charge < -0.3 is 10.1 Å². The summed E-state index contributed by atoms with van der Waals surface area (Å²) >= 11 is 1.32. The summed E-state index contributed by atoms with van der Waals surface area (Å²) in [5, 5.41) is 3.44. The lowest BCUT2D eigenvalue weighted by molar-refractivity contribution is -0.113. The van der Waals surface area contributed by atoms with Gasteiger partial charge in [-0.3, -0.25) is 4.79 Å². The third kappa shape index (κ3) is 4.83. The Hall–Kier alpha value is -2.86. The van der Waals surface area contributed by atoms with E-state index in [0.29, 0.717) is 5.16 Å². The van der Waals surface area contributed by atoms with Gasteiger partial charge in [0.25, 0.3) is 0 Å². The molecular formula is C20H19N3O2S. The molecule has 1 heterocycles. The van der Waals surface area contributed by atoms with Gasteiger partial charge in [-0.1, -0.05) is 42.1 Å². The standard InChI is InChI=1S/C20H19N3O2S/c1-14-12-18(15-6-4-3-5-7-15)23-20(21-14)26-13-19(24)22-16-8-10-17(25-2)11-9-16/h3-12H,13H2,1-2H3,(H,22,24). The molecule has 0 radical (unpaired) electrons. The van der Waals surface area contributed by atoms with E-state index in [9.17, 15) is 4.79 Å². The van der Waals surface area contributed by atoms with Crippen LogP contribution < -0.4 is 10.1 Å². The molecule has 2 aromatic carbocycles. The van der Waals surface area contributed by atoms with E-state index in [-0.39, 0.29) is 11.7 Å². The minimum atomic E-state index is -0.105. The Morgan fingerprint density at radius 3 is 2.50 bits per heavy atom. The van der Waals surface area contributed by atoms with Crippen LogP contribution in [0, 0.1) is 6.92 Å². The Morgan fingerprint density at radius 2 is 1.81 bits per heavy atom. The number of ether oxygens (including phenoxy) is 1. The highest BCUT2D eigenvalue weighted by Gasteiger charge is 2.09. The van der Waals surface area contributed by atoms with Crippen molar-refractivity contribution < 1.29 is 9.53 Å². The first kappa shape index (κ1) is 17.9. The van der Waals surface area contributed by atoms with E-state index in [0.717, 1.165) is 28.4 Å². The molecule has 0 saturated carbocycles. The van der Waals surface area contributed by atoms with E-state index in [4.69, 9.17) is 4.74 Å². The van der Waals surface area contributed by atoms with E-state index in [1.165, 1.54) is 11.8 Å². The van der Waals surface area contributed by atoms with Crippen LogP contribution in [0.4, 0.5) is 5.69 Å². The molecule has 3 aromatic rings. The number of methoxy groups -OCH3 is 1. The molecule has 0 fully saturated rings. The molecule has 132 valence electrons. The first-order valence-electron chi connectivity index (χ1n) is 8.12. The molecule has 0 aliphatic carbocycles. The second-order valence-electron chi connectivity index (χ2n) is 5.61. The molecule has 1 amide bonds. The summed E-state index contributed by atoms with van der Waals surface area (Å²) in [5.41, 5.74) is 3.49. The van der Waals surface area contributed by atoms with E-state index < -0.39 is 0 Å². The summed E-state index contributed by atoms with van der Waals surface area (Å²) in [6.07, 6.45) is 0. The normalized spacial score (nSPS) is 10.4. The average Bonchev–Trinajstić information content (AvgIpc) is 2.67. The molecule has 3 rings (SSSR count). The van der Waals surface area contributed by atoms with Crippen LogP contribution in [0.15, 0.2) is 65.8 Å². The van der Waals surface area contributed by atoms with Crippen molar-refractivity contribution >= 4 is 23.4 Å². The van der Waals surface area contributed by atoms with Gasteiger partial charge in [0.1, 0.15) is 5.75 Å². The van der Waals surface area contributed by atoms with Crippen molar-refractivity contribution in [1.82, 2.24) is 9.97 Å². The summed E-state index contributed by atoms with van der Waals surface area (Å²) in [7, 11) is 1.61. The number of nitrogens with zero attached hydrogens (tertiary/aromatic N) is 2. The topological polar surface area (TPSA) is 64.1 Å². The van der Waals surface area contributed by atoms with Crippen LogP contribution in [0.3, 0.4) is 0 Å². The number of hydrogen-bond acceptors (Lipinski definition) is 5. The zero-order chi connectivity index (χ0) is 18.4. The first-order chi connectivity index (χ1) is 12.6. The van der Waals surface area contributed by atoms with Gasteiger partial charge in [0, 0.05) is 16.9 Å². The molecule has 0 spiro atoms. The first-order valence-corrected chi connectivity index (χ1v) is 9.10. The summed E-state index contributed by atoms with van der Waals surface area (Å²) in [6, 6.07) is 19.1. The number of benzene rings is 2. The van der Waals surface area contributed by atoms with Gasteiger partial charge in [-0.15, -0.1) is 0 Å². The fraction of sp³-hybridized carbons (Fsp3) is 0.150. The number of anilines is 1. The summed E-state index contributed by atoms with van der Waals surface area (Å²) < 4.78 is 5.10. The van der Waals surface area contributed by atoms with Gasteiger partial charge >= 0.3 is 0 Å². The molecule has 0 saturated heterocycles. The lowest BCUT2D eigenvalue weighted by Crippen LogP contribution is -2.14. The van der Waals surface area contributed by atoms with Crippen molar-refractivity contribution in [2.24, 2.45) is 0 Å². The third-order valence-corrected chi connectivity index (χ3v) is 4.46. The Balaban J connectivity index is 1.63. The molecule has 0 unspecified atom stereocenters. The Labute approximate surface area is 156 Å². The minimum absolute atomic E-state index is 0.105.